The smallest absolute Gasteiger partial charge is 0.230 e. The van der Waals surface area contributed by atoms with Crippen molar-refractivity contribution in [3.8, 4) is 17.0 Å². The van der Waals surface area contributed by atoms with Gasteiger partial charge in [-0.3, -0.25) is 4.79 Å². The van der Waals surface area contributed by atoms with Gasteiger partial charge >= 0.3 is 0 Å². The van der Waals surface area contributed by atoms with Crippen molar-refractivity contribution in [2.24, 2.45) is 0 Å². The minimum absolute atomic E-state index is 0.0231. The van der Waals surface area contributed by atoms with Crippen LogP contribution >= 0.6 is 34.6 Å². The van der Waals surface area contributed by atoms with Crippen LogP contribution in [0.15, 0.2) is 53.1 Å². The topological polar surface area (TPSA) is 77.0 Å². The predicted octanol–water partition coefficient (Wildman–Crippen LogP) is 4.23. The number of ether oxygens (including phenoxy) is 1. The normalized spacial score (nSPS) is 10.9. The summed E-state index contributed by atoms with van der Waals surface area (Å²) in [6.45, 7) is 0.554. The molecule has 0 bridgehead atoms. The fourth-order valence-electron chi connectivity index (χ4n) is 2.57. The van der Waals surface area contributed by atoms with E-state index in [1.807, 2.05) is 41.8 Å². The molecular weight excluding hydrogens is 412 g/mol. The van der Waals surface area contributed by atoms with Gasteiger partial charge in [-0.15, -0.1) is 11.3 Å². The van der Waals surface area contributed by atoms with Gasteiger partial charge in [-0.1, -0.05) is 17.8 Å². The monoisotopic (exact) mass is 428 g/mol. The van der Waals surface area contributed by atoms with Crippen molar-refractivity contribution in [3.05, 3.63) is 53.0 Å². The minimum atomic E-state index is -0.0231. The second-order valence-corrected chi connectivity index (χ2v) is 8.53. The Morgan fingerprint density at radius 1 is 1.21 bits per heavy atom. The van der Waals surface area contributed by atoms with Crippen LogP contribution in [-0.2, 0) is 11.3 Å². The van der Waals surface area contributed by atoms with Crippen molar-refractivity contribution in [3.63, 3.8) is 0 Å². The van der Waals surface area contributed by atoms with Crippen molar-refractivity contribution in [2.45, 2.75) is 11.6 Å². The maximum atomic E-state index is 12.1. The van der Waals surface area contributed by atoms with Gasteiger partial charge in [-0.05, 0) is 47.2 Å². The molecule has 0 saturated carbocycles. The number of amides is 1. The number of hydrogen-bond donors (Lipinski definition) is 1. The highest BCUT2D eigenvalue weighted by molar-refractivity contribution is 8.00. The quantitative estimate of drug-likeness (QED) is 0.351. The van der Waals surface area contributed by atoms with Crippen molar-refractivity contribution in [1.82, 2.24) is 19.7 Å². The number of fused-ring (bicyclic) bond motifs is 1. The van der Waals surface area contributed by atoms with Crippen molar-refractivity contribution in [1.29, 1.82) is 0 Å². The summed E-state index contributed by atoms with van der Waals surface area (Å²) in [5, 5.41) is 5.70. The Morgan fingerprint density at radius 2 is 2.07 bits per heavy atom. The zero-order chi connectivity index (χ0) is 19.3. The average Bonchev–Trinajstić information content (AvgIpc) is 3.41. The number of nitrogens with zero attached hydrogens (tertiary/aromatic N) is 3. The number of nitrogens with one attached hydrogen (secondary N) is 1. The Labute approximate surface area is 174 Å². The van der Waals surface area contributed by atoms with Gasteiger partial charge in [-0.25, -0.2) is 9.97 Å². The molecule has 1 amide bonds. The lowest BCUT2D eigenvalue weighted by Gasteiger charge is -2.04. The summed E-state index contributed by atoms with van der Waals surface area (Å²) in [5.74, 6) is 1.07. The maximum absolute atomic E-state index is 12.1. The molecule has 4 rings (SSSR count). The molecule has 0 aliphatic carbocycles. The maximum Gasteiger partial charge on any atom is 0.230 e. The fourth-order valence-corrected chi connectivity index (χ4v) is 4.96. The van der Waals surface area contributed by atoms with E-state index in [1.165, 1.54) is 29.6 Å². The average molecular weight is 429 g/mol. The second kappa shape index (κ2) is 8.68. The number of thiophene rings is 1. The molecule has 3 heterocycles. The van der Waals surface area contributed by atoms with Crippen LogP contribution in [0.1, 0.15) is 4.88 Å². The third-order valence-electron chi connectivity index (χ3n) is 3.97. The Balaban J connectivity index is 1.47. The van der Waals surface area contributed by atoms with Crippen molar-refractivity contribution >= 4 is 50.8 Å². The molecule has 0 unspecified atom stereocenters. The number of thioether (sulfide) groups is 1. The summed E-state index contributed by atoms with van der Waals surface area (Å²) in [5.41, 5.74) is 2.58. The number of hydrogen-bond acceptors (Lipinski definition) is 8. The molecule has 1 aromatic carbocycles. The van der Waals surface area contributed by atoms with Gasteiger partial charge in [0, 0.05) is 10.4 Å². The molecule has 0 aliphatic rings. The first kappa shape index (κ1) is 18.9. The summed E-state index contributed by atoms with van der Waals surface area (Å²) in [6.07, 6.45) is 1.52. The first-order valence-corrected chi connectivity index (χ1v) is 11.0. The van der Waals surface area contributed by atoms with E-state index in [9.17, 15) is 4.79 Å². The zero-order valence-corrected chi connectivity index (χ0v) is 17.4. The Hall–Kier alpha value is -2.49. The molecule has 0 spiro atoms. The van der Waals surface area contributed by atoms with Crippen molar-refractivity contribution < 1.29 is 9.53 Å². The molecule has 9 heteroatoms. The summed E-state index contributed by atoms with van der Waals surface area (Å²) >= 11 is 4.38. The first-order valence-electron chi connectivity index (χ1n) is 8.41. The zero-order valence-electron chi connectivity index (χ0n) is 14.9. The van der Waals surface area contributed by atoms with Gasteiger partial charge in [0.15, 0.2) is 0 Å². The van der Waals surface area contributed by atoms with Crippen LogP contribution in [-0.4, -0.2) is 33.1 Å². The van der Waals surface area contributed by atoms with E-state index < -0.39 is 0 Å². The van der Waals surface area contributed by atoms with Crippen LogP contribution in [0, 0.1) is 0 Å². The highest BCUT2D eigenvalue weighted by Gasteiger charge is 2.15. The molecule has 28 heavy (non-hydrogen) atoms. The minimum Gasteiger partial charge on any atom is -0.497 e. The van der Waals surface area contributed by atoms with Crippen molar-refractivity contribution in [2.75, 3.05) is 12.9 Å². The summed E-state index contributed by atoms with van der Waals surface area (Å²) in [4.78, 5) is 22.0. The van der Waals surface area contributed by atoms with E-state index >= 15 is 0 Å². The lowest BCUT2D eigenvalue weighted by Crippen LogP contribution is -2.24. The molecule has 0 fully saturated rings. The molecule has 3 aromatic heterocycles. The van der Waals surface area contributed by atoms with Gasteiger partial charge in [-0.2, -0.15) is 4.37 Å². The molecular formula is C19H16N4O2S3. The van der Waals surface area contributed by atoms with Crippen LogP contribution in [0.5, 0.6) is 5.75 Å². The van der Waals surface area contributed by atoms with Gasteiger partial charge < -0.3 is 10.1 Å². The Kier molecular flexibility index (Phi) is 5.84. The van der Waals surface area contributed by atoms with Gasteiger partial charge in [0.05, 0.1) is 19.4 Å². The third-order valence-corrected chi connectivity index (χ3v) is 6.81. The first-order chi connectivity index (χ1) is 13.7. The molecule has 0 atom stereocenters. The lowest BCUT2D eigenvalue weighted by atomic mass is 10.1. The summed E-state index contributed by atoms with van der Waals surface area (Å²) < 4.78 is 10.7. The number of benzene rings is 1. The molecule has 0 aliphatic heterocycles. The van der Waals surface area contributed by atoms with Gasteiger partial charge in [0.1, 0.15) is 33.0 Å². The molecule has 6 nitrogen and oxygen atoms in total. The fraction of sp³-hybridized carbons (Fsp3) is 0.158. The highest BCUT2D eigenvalue weighted by Crippen LogP contribution is 2.34. The van der Waals surface area contributed by atoms with Crippen LogP contribution in [0.2, 0.25) is 0 Å². The third kappa shape index (κ3) is 4.16. The predicted molar refractivity (Wildman–Crippen MR) is 114 cm³/mol. The summed E-state index contributed by atoms with van der Waals surface area (Å²) in [6, 6.07) is 11.7. The van der Waals surface area contributed by atoms with Gasteiger partial charge in [0.2, 0.25) is 5.91 Å². The number of rotatable bonds is 7. The molecule has 142 valence electrons. The van der Waals surface area contributed by atoms with Crippen LogP contribution in [0.3, 0.4) is 0 Å². The number of carbonyl (C=O) groups is 1. The van der Waals surface area contributed by atoms with E-state index in [0.717, 1.165) is 37.1 Å². The van der Waals surface area contributed by atoms with Gasteiger partial charge in [0.25, 0.3) is 0 Å². The van der Waals surface area contributed by atoms with E-state index in [-0.39, 0.29) is 5.91 Å². The second-order valence-electron chi connectivity index (χ2n) is 5.76. The number of methoxy groups -OCH3 is 1. The molecule has 1 N–H and O–H groups in total. The Bertz CT molecular complexity index is 1080. The number of aromatic nitrogens is 3. The van der Waals surface area contributed by atoms with Crippen LogP contribution in [0.4, 0.5) is 0 Å². The van der Waals surface area contributed by atoms with E-state index in [0.29, 0.717) is 12.3 Å². The van der Waals surface area contributed by atoms with Crippen LogP contribution in [0.25, 0.3) is 21.5 Å². The number of carbonyl (C=O) groups excluding carboxylic acids is 1. The molecule has 0 saturated heterocycles. The molecule has 0 radical (unpaired) electrons. The summed E-state index contributed by atoms with van der Waals surface area (Å²) in [7, 11) is 1.64. The Morgan fingerprint density at radius 3 is 2.82 bits per heavy atom. The SMILES string of the molecule is COc1ccc(-c2nsc3c(SCC(=O)NCc4cccs4)ncnc23)cc1. The molecule has 4 aromatic rings. The lowest BCUT2D eigenvalue weighted by molar-refractivity contribution is -0.118. The van der Waals surface area contributed by atoms with Crippen LogP contribution < -0.4 is 10.1 Å². The van der Waals surface area contributed by atoms with E-state index in [1.54, 1.807) is 18.4 Å². The largest absolute Gasteiger partial charge is 0.497 e. The standard InChI is InChI=1S/C19H16N4O2S3/c1-25-13-6-4-12(5-7-13)16-17-18(28-23-16)19(22-11-21-17)27-10-15(24)20-9-14-3-2-8-26-14/h2-8,11H,9-10H2,1H3,(H,20,24). The highest BCUT2D eigenvalue weighted by atomic mass is 32.2. The van der Waals surface area contributed by atoms with E-state index in [4.69, 9.17) is 4.74 Å². The van der Waals surface area contributed by atoms with E-state index in [2.05, 4.69) is 19.7 Å².